The van der Waals surface area contributed by atoms with Crippen LogP contribution in [0.2, 0.25) is 0 Å². The molecule has 1 aliphatic heterocycles. The van der Waals surface area contributed by atoms with Gasteiger partial charge in [-0.05, 0) is 33.6 Å². The van der Waals surface area contributed by atoms with Gasteiger partial charge < -0.3 is 14.5 Å². The van der Waals surface area contributed by atoms with E-state index in [1.54, 1.807) is 7.11 Å². The van der Waals surface area contributed by atoms with Crippen molar-refractivity contribution in [2.24, 2.45) is 0 Å². The topological polar surface area (TPSA) is 36.0 Å². The van der Waals surface area contributed by atoms with E-state index < -0.39 is 0 Å². The van der Waals surface area contributed by atoms with E-state index in [1.807, 2.05) is 4.90 Å². The Bertz CT molecular complexity index is 226. The second-order valence-electron chi connectivity index (χ2n) is 4.81. The summed E-state index contributed by atoms with van der Waals surface area (Å²) in [6.07, 6.45) is 1.19. The first-order valence-corrected chi connectivity index (χ1v) is 6.27. The number of methoxy groups -OCH3 is 1. The van der Waals surface area contributed by atoms with Crippen molar-refractivity contribution in [3.8, 4) is 0 Å². The molecule has 1 saturated heterocycles. The van der Waals surface area contributed by atoms with Gasteiger partial charge in [-0.2, -0.15) is 0 Å². The minimum Gasteiger partial charge on any atom is -0.375 e. The molecular formula is C12H25N3O2. The van der Waals surface area contributed by atoms with E-state index in [0.29, 0.717) is 0 Å². The van der Waals surface area contributed by atoms with Crippen LogP contribution in [0.3, 0.4) is 0 Å². The number of hydrogen-bond donors (Lipinski definition) is 0. The average molecular weight is 243 g/mol. The molecule has 0 N–H and O–H groups in total. The average Bonchev–Trinajstić information content (AvgIpc) is 2.30. The fourth-order valence-corrected chi connectivity index (χ4v) is 2.05. The summed E-state index contributed by atoms with van der Waals surface area (Å²) in [5.74, 6) is 0.112. The zero-order valence-electron chi connectivity index (χ0n) is 11.3. The van der Waals surface area contributed by atoms with Crippen LogP contribution in [0.4, 0.5) is 0 Å². The SMILES string of the molecule is COCC(=O)N1CCN(CCCN(C)C)CC1. The molecule has 100 valence electrons. The molecule has 0 aliphatic carbocycles. The van der Waals surface area contributed by atoms with E-state index in [9.17, 15) is 4.79 Å². The Morgan fingerprint density at radius 3 is 2.41 bits per heavy atom. The zero-order valence-corrected chi connectivity index (χ0v) is 11.3. The summed E-state index contributed by atoms with van der Waals surface area (Å²) in [7, 11) is 5.76. The second kappa shape index (κ2) is 7.63. The number of ether oxygens (including phenoxy) is 1. The molecule has 5 heteroatoms. The fourth-order valence-electron chi connectivity index (χ4n) is 2.05. The van der Waals surface area contributed by atoms with Crippen LogP contribution in [-0.4, -0.2) is 87.7 Å². The predicted molar refractivity (Wildman–Crippen MR) is 68.1 cm³/mol. The van der Waals surface area contributed by atoms with Crippen molar-refractivity contribution in [1.29, 1.82) is 0 Å². The molecule has 0 unspecified atom stereocenters. The van der Waals surface area contributed by atoms with Crippen LogP contribution in [0.25, 0.3) is 0 Å². The Morgan fingerprint density at radius 1 is 1.24 bits per heavy atom. The Kier molecular flexibility index (Phi) is 6.47. The van der Waals surface area contributed by atoms with Crippen LogP contribution >= 0.6 is 0 Å². The number of piperazine rings is 1. The summed E-state index contributed by atoms with van der Waals surface area (Å²) < 4.78 is 4.86. The highest BCUT2D eigenvalue weighted by Gasteiger charge is 2.20. The largest absolute Gasteiger partial charge is 0.375 e. The van der Waals surface area contributed by atoms with Gasteiger partial charge in [-0.15, -0.1) is 0 Å². The molecule has 0 atom stereocenters. The second-order valence-corrected chi connectivity index (χ2v) is 4.81. The van der Waals surface area contributed by atoms with Crippen LogP contribution in [0.5, 0.6) is 0 Å². The minimum absolute atomic E-state index is 0.112. The maximum absolute atomic E-state index is 11.6. The summed E-state index contributed by atoms with van der Waals surface area (Å²) in [5, 5.41) is 0. The highest BCUT2D eigenvalue weighted by Crippen LogP contribution is 2.03. The Balaban J connectivity index is 2.15. The third-order valence-corrected chi connectivity index (χ3v) is 3.07. The van der Waals surface area contributed by atoms with E-state index in [4.69, 9.17) is 4.74 Å². The first-order valence-electron chi connectivity index (χ1n) is 6.27. The lowest BCUT2D eigenvalue weighted by Gasteiger charge is -2.34. The fraction of sp³-hybridized carbons (Fsp3) is 0.917. The highest BCUT2D eigenvalue weighted by molar-refractivity contribution is 5.77. The molecule has 0 radical (unpaired) electrons. The molecule has 0 aromatic rings. The minimum atomic E-state index is 0.112. The van der Waals surface area contributed by atoms with Gasteiger partial charge in [-0.1, -0.05) is 0 Å². The molecule has 0 spiro atoms. The molecule has 0 aromatic heterocycles. The van der Waals surface area contributed by atoms with E-state index in [2.05, 4.69) is 23.9 Å². The van der Waals surface area contributed by atoms with Gasteiger partial charge in [-0.25, -0.2) is 0 Å². The lowest BCUT2D eigenvalue weighted by Crippen LogP contribution is -2.49. The first kappa shape index (κ1) is 14.4. The van der Waals surface area contributed by atoms with Gasteiger partial charge in [-0.3, -0.25) is 9.69 Å². The lowest BCUT2D eigenvalue weighted by molar-refractivity contribution is -0.136. The van der Waals surface area contributed by atoms with Crippen molar-refractivity contribution < 1.29 is 9.53 Å². The van der Waals surface area contributed by atoms with Crippen LogP contribution in [0.1, 0.15) is 6.42 Å². The van der Waals surface area contributed by atoms with E-state index in [0.717, 1.165) is 39.3 Å². The molecule has 1 rings (SSSR count). The van der Waals surface area contributed by atoms with Gasteiger partial charge in [0.2, 0.25) is 5.91 Å². The number of carbonyl (C=O) groups excluding carboxylic acids is 1. The number of carbonyl (C=O) groups is 1. The number of nitrogens with zero attached hydrogens (tertiary/aromatic N) is 3. The maximum atomic E-state index is 11.6. The van der Waals surface area contributed by atoms with Crippen molar-refractivity contribution in [1.82, 2.24) is 14.7 Å². The van der Waals surface area contributed by atoms with Gasteiger partial charge in [0.05, 0.1) is 0 Å². The van der Waals surface area contributed by atoms with E-state index in [1.165, 1.54) is 6.42 Å². The molecule has 1 heterocycles. The van der Waals surface area contributed by atoms with Crippen molar-refractivity contribution >= 4 is 5.91 Å². The van der Waals surface area contributed by atoms with Gasteiger partial charge >= 0.3 is 0 Å². The standard InChI is InChI=1S/C12H25N3O2/c1-13(2)5-4-6-14-7-9-15(10-8-14)12(16)11-17-3/h4-11H2,1-3H3. The summed E-state index contributed by atoms with van der Waals surface area (Å²) in [4.78, 5) is 18.1. The third kappa shape index (κ3) is 5.48. The summed E-state index contributed by atoms with van der Waals surface area (Å²) in [6.45, 7) is 6.12. The van der Waals surface area contributed by atoms with Gasteiger partial charge in [0.25, 0.3) is 0 Å². The summed E-state index contributed by atoms with van der Waals surface area (Å²) in [5.41, 5.74) is 0. The van der Waals surface area contributed by atoms with Gasteiger partial charge in [0.15, 0.2) is 0 Å². The van der Waals surface area contributed by atoms with Crippen molar-refractivity contribution in [3.63, 3.8) is 0 Å². The Morgan fingerprint density at radius 2 is 1.88 bits per heavy atom. The summed E-state index contributed by atoms with van der Waals surface area (Å²) in [6, 6.07) is 0. The molecule has 1 fully saturated rings. The number of hydrogen-bond acceptors (Lipinski definition) is 4. The molecule has 5 nitrogen and oxygen atoms in total. The molecular weight excluding hydrogens is 218 g/mol. The Labute approximate surface area is 104 Å². The Hall–Kier alpha value is -0.650. The van der Waals surface area contributed by atoms with Crippen molar-refractivity contribution in [3.05, 3.63) is 0 Å². The third-order valence-electron chi connectivity index (χ3n) is 3.07. The number of amides is 1. The van der Waals surface area contributed by atoms with Crippen LogP contribution in [-0.2, 0) is 9.53 Å². The monoisotopic (exact) mass is 243 g/mol. The maximum Gasteiger partial charge on any atom is 0.248 e. The van der Waals surface area contributed by atoms with Crippen LogP contribution < -0.4 is 0 Å². The van der Waals surface area contributed by atoms with Gasteiger partial charge in [0, 0.05) is 33.3 Å². The molecule has 0 aromatic carbocycles. The summed E-state index contributed by atoms with van der Waals surface area (Å²) >= 11 is 0. The van der Waals surface area contributed by atoms with E-state index >= 15 is 0 Å². The van der Waals surface area contributed by atoms with E-state index in [-0.39, 0.29) is 12.5 Å². The molecule has 1 aliphatic rings. The smallest absolute Gasteiger partial charge is 0.248 e. The molecule has 0 bridgehead atoms. The van der Waals surface area contributed by atoms with Crippen molar-refractivity contribution in [2.45, 2.75) is 6.42 Å². The first-order chi connectivity index (χ1) is 8.13. The lowest BCUT2D eigenvalue weighted by atomic mass is 10.3. The molecule has 0 saturated carbocycles. The zero-order chi connectivity index (χ0) is 12.7. The van der Waals surface area contributed by atoms with Gasteiger partial charge in [0.1, 0.15) is 6.61 Å². The molecule has 1 amide bonds. The molecule has 17 heavy (non-hydrogen) atoms. The van der Waals surface area contributed by atoms with Crippen LogP contribution in [0.15, 0.2) is 0 Å². The highest BCUT2D eigenvalue weighted by atomic mass is 16.5. The normalized spacial score (nSPS) is 17.8. The van der Waals surface area contributed by atoms with Crippen molar-refractivity contribution in [2.75, 3.05) is 67.1 Å². The quantitative estimate of drug-likeness (QED) is 0.643. The van der Waals surface area contributed by atoms with Crippen LogP contribution in [0, 0.1) is 0 Å². The number of rotatable bonds is 6. The predicted octanol–water partition coefficient (Wildman–Crippen LogP) is -0.271.